The van der Waals surface area contributed by atoms with E-state index in [2.05, 4.69) is 4.98 Å². The van der Waals surface area contributed by atoms with Gasteiger partial charge in [0.15, 0.2) is 5.92 Å². The number of cyclic esters (lactones) is 2. The van der Waals surface area contributed by atoms with Gasteiger partial charge in [-0.15, -0.1) is 0 Å². The average molecular weight is 379 g/mol. The quantitative estimate of drug-likeness (QED) is 0.552. The summed E-state index contributed by atoms with van der Waals surface area (Å²) in [7, 11) is 1.59. The van der Waals surface area contributed by atoms with Crippen molar-refractivity contribution in [3.8, 4) is 5.75 Å². The molecule has 28 heavy (non-hydrogen) atoms. The lowest BCUT2D eigenvalue weighted by Crippen LogP contribution is -2.48. The Balaban J connectivity index is 1.86. The largest absolute Gasteiger partial charge is 0.497 e. The second kappa shape index (κ2) is 6.71. The summed E-state index contributed by atoms with van der Waals surface area (Å²) in [6, 6.07) is 15.1. The Morgan fingerprint density at radius 2 is 1.64 bits per heavy atom. The van der Waals surface area contributed by atoms with Crippen LogP contribution in [0.4, 0.5) is 0 Å². The molecule has 0 bridgehead atoms. The Hall–Kier alpha value is -3.28. The molecule has 0 spiro atoms. The number of hydrogen-bond donors (Lipinski definition) is 1. The first kappa shape index (κ1) is 18.1. The van der Waals surface area contributed by atoms with Gasteiger partial charge in [0.2, 0.25) is 0 Å². The van der Waals surface area contributed by atoms with E-state index in [0.29, 0.717) is 5.75 Å². The van der Waals surface area contributed by atoms with Crippen LogP contribution in [-0.4, -0.2) is 29.8 Å². The van der Waals surface area contributed by atoms with Crippen molar-refractivity contribution in [1.82, 2.24) is 4.98 Å². The van der Waals surface area contributed by atoms with Crippen molar-refractivity contribution in [1.29, 1.82) is 0 Å². The lowest BCUT2D eigenvalue weighted by molar-refractivity contribution is -0.240. The minimum Gasteiger partial charge on any atom is -0.497 e. The molecule has 6 heteroatoms. The van der Waals surface area contributed by atoms with E-state index >= 15 is 0 Å². The number of rotatable bonds is 4. The molecule has 2 aromatic carbocycles. The summed E-state index contributed by atoms with van der Waals surface area (Å²) in [5.41, 5.74) is 2.55. The van der Waals surface area contributed by atoms with Gasteiger partial charge >= 0.3 is 11.9 Å². The minimum atomic E-state index is -1.27. The number of aromatic amines is 1. The van der Waals surface area contributed by atoms with Gasteiger partial charge in [-0.25, -0.2) is 0 Å². The normalized spacial score (nSPS) is 17.8. The van der Waals surface area contributed by atoms with E-state index in [1.807, 2.05) is 42.6 Å². The number of fused-ring (bicyclic) bond motifs is 1. The Morgan fingerprint density at radius 3 is 2.29 bits per heavy atom. The fraction of sp³-hybridized carbons (Fsp3) is 0.273. The zero-order chi connectivity index (χ0) is 19.9. The molecule has 1 saturated heterocycles. The Morgan fingerprint density at radius 1 is 1.00 bits per heavy atom. The molecule has 0 aliphatic carbocycles. The van der Waals surface area contributed by atoms with E-state index in [1.165, 1.54) is 0 Å². The van der Waals surface area contributed by atoms with Crippen molar-refractivity contribution >= 4 is 22.8 Å². The molecule has 0 amide bonds. The van der Waals surface area contributed by atoms with Crippen molar-refractivity contribution in [3.63, 3.8) is 0 Å². The number of aromatic nitrogens is 1. The number of para-hydroxylation sites is 1. The maximum atomic E-state index is 12.8. The number of carbonyl (C=O) groups excluding carboxylic acids is 2. The third-order valence-electron chi connectivity index (χ3n) is 4.97. The highest BCUT2D eigenvalue weighted by atomic mass is 16.7. The predicted molar refractivity (Wildman–Crippen MR) is 103 cm³/mol. The fourth-order valence-corrected chi connectivity index (χ4v) is 3.71. The molecule has 1 aliphatic rings. The molecular formula is C22H21NO5. The van der Waals surface area contributed by atoms with E-state index in [1.54, 1.807) is 33.1 Å². The second-order valence-electron chi connectivity index (χ2n) is 7.26. The fourth-order valence-electron chi connectivity index (χ4n) is 3.71. The van der Waals surface area contributed by atoms with Crippen LogP contribution in [0.1, 0.15) is 30.9 Å². The van der Waals surface area contributed by atoms with Crippen molar-refractivity contribution in [2.75, 3.05) is 7.11 Å². The summed E-state index contributed by atoms with van der Waals surface area (Å²) in [4.78, 5) is 28.9. The second-order valence-corrected chi connectivity index (χ2v) is 7.26. The third kappa shape index (κ3) is 3.11. The van der Waals surface area contributed by atoms with Crippen LogP contribution in [-0.2, 0) is 19.1 Å². The first-order valence-electron chi connectivity index (χ1n) is 9.05. The van der Waals surface area contributed by atoms with Gasteiger partial charge in [-0.1, -0.05) is 30.3 Å². The van der Waals surface area contributed by atoms with Gasteiger partial charge in [0.25, 0.3) is 5.79 Å². The number of carbonyl (C=O) groups is 2. The van der Waals surface area contributed by atoms with Gasteiger partial charge in [-0.2, -0.15) is 0 Å². The Bertz CT molecular complexity index is 1010. The van der Waals surface area contributed by atoms with Crippen LogP contribution in [0, 0.1) is 5.92 Å². The van der Waals surface area contributed by atoms with Crippen LogP contribution in [0.15, 0.2) is 54.7 Å². The first-order chi connectivity index (χ1) is 13.4. The van der Waals surface area contributed by atoms with E-state index in [0.717, 1.165) is 22.0 Å². The maximum Gasteiger partial charge on any atom is 0.324 e. The van der Waals surface area contributed by atoms with Gasteiger partial charge in [-0.05, 0) is 29.3 Å². The number of ether oxygens (including phenoxy) is 3. The van der Waals surface area contributed by atoms with Gasteiger partial charge in [0, 0.05) is 36.9 Å². The highest BCUT2D eigenvalue weighted by Gasteiger charge is 2.48. The van der Waals surface area contributed by atoms with E-state index in [4.69, 9.17) is 14.2 Å². The van der Waals surface area contributed by atoms with Crippen LogP contribution in [0.3, 0.4) is 0 Å². The summed E-state index contributed by atoms with van der Waals surface area (Å²) in [6.45, 7) is 3.10. The number of hydrogen-bond acceptors (Lipinski definition) is 5. The van der Waals surface area contributed by atoms with Crippen molar-refractivity contribution < 1.29 is 23.8 Å². The summed E-state index contributed by atoms with van der Waals surface area (Å²) >= 11 is 0. The molecule has 3 aromatic rings. The molecule has 1 atom stereocenters. The molecular weight excluding hydrogens is 358 g/mol. The summed E-state index contributed by atoms with van der Waals surface area (Å²) in [6.07, 6.45) is 1.83. The molecule has 1 aromatic heterocycles. The molecule has 0 unspecified atom stereocenters. The highest BCUT2D eigenvalue weighted by molar-refractivity contribution is 5.99. The van der Waals surface area contributed by atoms with Crippen LogP contribution >= 0.6 is 0 Å². The molecule has 144 valence electrons. The SMILES string of the molecule is COc1ccc([C@@H](c2c[nH]c3ccccc23)C2C(=O)OC(C)(C)OC2=O)cc1. The van der Waals surface area contributed by atoms with Crippen molar-refractivity contribution in [2.45, 2.75) is 25.6 Å². The van der Waals surface area contributed by atoms with Crippen LogP contribution in [0.2, 0.25) is 0 Å². The highest BCUT2D eigenvalue weighted by Crippen LogP contribution is 2.41. The van der Waals surface area contributed by atoms with Crippen molar-refractivity contribution in [2.24, 2.45) is 5.92 Å². The smallest absolute Gasteiger partial charge is 0.324 e. The number of methoxy groups -OCH3 is 1. The number of H-pyrrole nitrogens is 1. The third-order valence-corrected chi connectivity index (χ3v) is 4.97. The standard InChI is InChI=1S/C22H21NO5/c1-22(2)27-20(24)19(21(25)28-22)18(13-8-10-14(26-3)11-9-13)16-12-23-17-7-5-4-6-15(16)17/h4-12,18-19,23H,1-3H3/t18-/m0/s1. The molecule has 2 heterocycles. The van der Waals surface area contributed by atoms with E-state index in [-0.39, 0.29) is 0 Å². The van der Waals surface area contributed by atoms with Crippen LogP contribution < -0.4 is 4.74 Å². The van der Waals surface area contributed by atoms with Gasteiger partial charge in [0.1, 0.15) is 5.75 Å². The lowest BCUT2D eigenvalue weighted by Gasteiger charge is -2.36. The monoisotopic (exact) mass is 379 g/mol. The number of nitrogens with one attached hydrogen (secondary N) is 1. The summed E-state index contributed by atoms with van der Waals surface area (Å²) in [5, 5.41) is 0.939. The van der Waals surface area contributed by atoms with Gasteiger partial charge in [0.05, 0.1) is 7.11 Å². The maximum absolute atomic E-state index is 12.8. The minimum absolute atomic E-state index is 0.557. The van der Waals surface area contributed by atoms with Crippen molar-refractivity contribution in [3.05, 3.63) is 65.9 Å². The summed E-state index contributed by atoms with van der Waals surface area (Å²) < 4.78 is 16.0. The van der Waals surface area contributed by atoms with Gasteiger partial charge < -0.3 is 19.2 Å². The molecule has 6 nitrogen and oxygen atoms in total. The molecule has 1 aliphatic heterocycles. The molecule has 1 fully saturated rings. The average Bonchev–Trinajstić information content (AvgIpc) is 3.08. The molecule has 0 saturated carbocycles. The predicted octanol–water partition coefficient (Wildman–Crippen LogP) is 3.76. The molecule has 1 N–H and O–H groups in total. The number of esters is 2. The zero-order valence-electron chi connectivity index (χ0n) is 15.9. The van der Waals surface area contributed by atoms with E-state index in [9.17, 15) is 9.59 Å². The van der Waals surface area contributed by atoms with Crippen LogP contribution in [0.5, 0.6) is 5.75 Å². The number of benzene rings is 2. The van der Waals surface area contributed by atoms with Crippen LogP contribution in [0.25, 0.3) is 10.9 Å². The molecule has 4 rings (SSSR count). The lowest BCUT2D eigenvalue weighted by atomic mass is 9.80. The van der Waals surface area contributed by atoms with Gasteiger partial charge in [-0.3, -0.25) is 9.59 Å². The van der Waals surface area contributed by atoms with E-state index < -0.39 is 29.6 Å². The zero-order valence-corrected chi connectivity index (χ0v) is 15.9. The molecule has 0 radical (unpaired) electrons. The Kier molecular flexibility index (Phi) is 4.34. The Labute approximate surface area is 162 Å². The topological polar surface area (TPSA) is 77.6 Å². The summed E-state index contributed by atoms with van der Waals surface area (Å²) in [5.74, 6) is -3.41. The first-order valence-corrected chi connectivity index (χ1v) is 9.05.